The third-order valence-corrected chi connectivity index (χ3v) is 4.83. The van der Waals surface area contributed by atoms with E-state index in [9.17, 15) is 13.2 Å². The van der Waals surface area contributed by atoms with Gasteiger partial charge in [-0.05, 0) is 49.2 Å². The van der Waals surface area contributed by atoms with Crippen molar-refractivity contribution >= 4 is 29.0 Å². The molecule has 0 saturated carbocycles. The molecule has 0 bridgehead atoms. The molecular formula is C20H16Cl2F3N3O. The van der Waals surface area contributed by atoms with Gasteiger partial charge in [-0.25, -0.2) is 9.97 Å². The van der Waals surface area contributed by atoms with Gasteiger partial charge in [0.15, 0.2) is 0 Å². The zero-order valence-electron chi connectivity index (χ0n) is 15.2. The summed E-state index contributed by atoms with van der Waals surface area (Å²) in [5.74, 6) is 1.21. The monoisotopic (exact) mass is 441 g/mol. The highest BCUT2D eigenvalue weighted by Gasteiger charge is 2.31. The molecule has 4 nitrogen and oxygen atoms in total. The highest BCUT2D eigenvalue weighted by molar-refractivity contribution is 6.33. The van der Waals surface area contributed by atoms with E-state index >= 15 is 0 Å². The summed E-state index contributed by atoms with van der Waals surface area (Å²) in [7, 11) is 0. The van der Waals surface area contributed by atoms with Gasteiger partial charge in [0.1, 0.15) is 28.7 Å². The van der Waals surface area contributed by atoms with Crippen molar-refractivity contribution in [1.29, 1.82) is 0 Å². The molecule has 9 heteroatoms. The van der Waals surface area contributed by atoms with Gasteiger partial charge in [-0.3, -0.25) is 0 Å². The maximum atomic E-state index is 12.7. The Balaban J connectivity index is 1.58. The van der Waals surface area contributed by atoms with Crippen LogP contribution in [0.5, 0.6) is 11.5 Å². The molecule has 1 aromatic heterocycles. The van der Waals surface area contributed by atoms with Gasteiger partial charge in [-0.15, -0.1) is 0 Å². The van der Waals surface area contributed by atoms with Crippen LogP contribution in [-0.4, -0.2) is 16.5 Å². The van der Waals surface area contributed by atoms with Crippen LogP contribution in [0.4, 0.5) is 19.0 Å². The second-order valence-corrected chi connectivity index (χ2v) is 6.97. The maximum Gasteiger partial charge on any atom is 0.416 e. The summed E-state index contributed by atoms with van der Waals surface area (Å²) < 4.78 is 43.7. The van der Waals surface area contributed by atoms with Gasteiger partial charge in [-0.2, -0.15) is 13.2 Å². The first-order valence-corrected chi connectivity index (χ1v) is 9.34. The fourth-order valence-electron chi connectivity index (χ4n) is 2.52. The van der Waals surface area contributed by atoms with E-state index in [-0.39, 0.29) is 10.8 Å². The van der Waals surface area contributed by atoms with Crippen LogP contribution in [0.2, 0.25) is 10.0 Å². The Morgan fingerprint density at radius 2 is 1.76 bits per heavy atom. The van der Waals surface area contributed by atoms with Crippen LogP contribution >= 0.6 is 23.2 Å². The van der Waals surface area contributed by atoms with E-state index in [1.807, 2.05) is 12.1 Å². The quantitative estimate of drug-likeness (QED) is 0.470. The number of hydrogen-bond acceptors (Lipinski definition) is 4. The van der Waals surface area contributed by atoms with Gasteiger partial charge < -0.3 is 10.1 Å². The second kappa shape index (κ2) is 8.88. The van der Waals surface area contributed by atoms with Crippen LogP contribution in [0.15, 0.2) is 48.8 Å². The van der Waals surface area contributed by atoms with Gasteiger partial charge in [0, 0.05) is 6.54 Å². The van der Waals surface area contributed by atoms with Gasteiger partial charge in [-0.1, -0.05) is 35.3 Å². The van der Waals surface area contributed by atoms with Crippen LogP contribution in [0, 0.1) is 6.92 Å². The Labute approximate surface area is 175 Å². The lowest BCUT2D eigenvalue weighted by Crippen LogP contribution is -2.07. The summed E-state index contributed by atoms with van der Waals surface area (Å²) in [6, 6.07) is 10.2. The Hall–Kier alpha value is -2.51. The molecule has 0 aliphatic heterocycles. The Morgan fingerprint density at radius 3 is 2.41 bits per heavy atom. The highest BCUT2D eigenvalue weighted by atomic mass is 35.5. The number of aromatic nitrogens is 2. The van der Waals surface area contributed by atoms with E-state index in [2.05, 4.69) is 15.3 Å². The average molecular weight is 442 g/mol. The predicted octanol–water partition coefficient (Wildman–Crippen LogP) is 6.56. The first-order valence-electron chi connectivity index (χ1n) is 8.58. The minimum absolute atomic E-state index is 0.106. The topological polar surface area (TPSA) is 47.0 Å². The summed E-state index contributed by atoms with van der Waals surface area (Å²) in [6.07, 6.45) is -2.30. The Morgan fingerprint density at radius 1 is 1.03 bits per heavy atom. The Bertz CT molecular complexity index is 995. The molecule has 0 saturated heterocycles. The summed E-state index contributed by atoms with van der Waals surface area (Å²) in [4.78, 5) is 8.11. The van der Waals surface area contributed by atoms with Crippen LogP contribution in [0.3, 0.4) is 0 Å². The van der Waals surface area contributed by atoms with Gasteiger partial charge in [0.05, 0.1) is 16.3 Å². The van der Waals surface area contributed by atoms with Crippen LogP contribution in [0.1, 0.15) is 16.8 Å². The average Bonchev–Trinajstić information content (AvgIpc) is 2.67. The van der Waals surface area contributed by atoms with Gasteiger partial charge >= 0.3 is 6.18 Å². The first kappa shape index (κ1) is 21.2. The summed E-state index contributed by atoms with van der Waals surface area (Å²) in [5, 5.41) is 3.54. The molecule has 0 aliphatic carbocycles. The second-order valence-electron chi connectivity index (χ2n) is 6.19. The molecule has 2 aromatic carbocycles. The number of hydrogen-bond donors (Lipinski definition) is 1. The fourth-order valence-corrected chi connectivity index (χ4v) is 2.90. The van der Waals surface area contributed by atoms with E-state index < -0.39 is 11.7 Å². The normalized spacial score (nSPS) is 11.4. The smallest absolute Gasteiger partial charge is 0.416 e. The molecule has 29 heavy (non-hydrogen) atoms. The van der Waals surface area contributed by atoms with E-state index in [4.69, 9.17) is 27.9 Å². The number of aryl methyl sites for hydroxylation is 1. The van der Waals surface area contributed by atoms with E-state index in [1.54, 1.807) is 19.1 Å². The van der Waals surface area contributed by atoms with Crippen molar-refractivity contribution in [3.05, 3.63) is 75.7 Å². The maximum absolute atomic E-state index is 12.7. The zero-order chi connectivity index (χ0) is 21.0. The lowest BCUT2D eigenvalue weighted by Gasteiger charge is -2.12. The first-order chi connectivity index (χ1) is 13.7. The molecule has 0 aliphatic rings. The molecule has 152 valence electrons. The third kappa shape index (κ3) is 5.52. The van der Waals surface area contributed by atoms with E-state index in [1.165, 1.54) is 12.4 Å². The van der Waals surface area contributed by atoms with Crippen molar-refractivity contribution in [2.45, 2.75) is 19.5 Å². The van der Waals surface area contributed by atoms with Crippen molar-refractivity contribution in [1.82, 2.24) is 9.97 Å². The molecule has 1 N–H and O–H groups in total. The van der Waals surface area contributed by atoms with Crippen LogP contribution in [-0.2, 0) is 12.6 Å². The van der Waals surface area contributed by atoms with Crippen molar-refractivity contribution < 1.29 is 17.9 Å². The predicted molar refractivity (Wildman–Crippen MR) is 107 cm³/mol. The van der Waals surface area contributed by atoms with E-state index in [0.29, 0.717) is 35.2 Å². The number of nitrogens with zero attached hydrogens (tertiary/aromatic N) is 2. The van der Waals surface area contributed by atoms with Crippen LogP contribution in [0.25, 0.3) is 0 Å². The minimum atomic E-state index is -4.45. The number of benzene rings is 2. The number of alkyl halides is 3. The van der Waals surface area contributed by atoms with Crippen molar-refractivity contribution in [2.75, 3.05) is 11.9 Å². The van der Waals surface area contributed by atoms with E-state index in [0.717, 1.165) is 17.7 Å². The molecular weight excluding hydrogens is 426 g/mol. The third-order valence-electron chi connectivity index (χ3n) is 4.08. The molecule has 0 spiro atoms. The largest absolute Gasteiger partial charge is 0.456 e. The SMILES string of the molecule is Cc1ncnc(NCCc2ccc(Oc3ccc(C(F)(F)F)cc3Cl)cc2)c1Cl. The summed E-state index contributed by atoms with van der Waals surface area (Å²) in [5.41, 5.74) is 0.912. The summed E-state index contributed by atoms with van der Waals surface area (Å²) >= 11 is 12.1. The molecule has 0 fully saturated rings. The lowest BCUT2D eigenvalue weighted by molar-refractivity contribution is -0.137. The standard InChI is InChI=1S/C20H16Cl2F3N3O/c1-12-18(22)19(28-11-27-12)26-9-8-13-2-5-15(6-3-13)29-17-7-4-14(10-16(17)21)20(23,24)25/h2-7,10-11H,8-9H2,1H3,(H,26,27,28). The zero-order valence-corrected chi connectivity index (χ0v) is 16.7. The molecule has 3 rings (SSSR count). The molecule has 0 unspecified atom stereocenters. The minimum Gasteiger partial charge on any atom is -0.456 e. The van der Waals surface area contributed by atoms with Crippen molar-refractivity contribution in [2.24, 2.45) is 0 Å². The number of anilines is 1. The molecule has 1 heterocycles. The fraction of sp³-hybridized carbons (Fsp3) is 0.200. The van der Waals surface area contributed by atoms with Crippen LogP contribution < -0.4 is 10.1 Å². The molecule has 0 amide bonds. The number of nitrogens with one attached hydrogen (secondary N) is 1. The van der Waals surface area contributed by atoms with Crippen molar-refractivity contribution in [3.63, 3.8) is 0 Å². The molecule has 0 atom stereocenters. The lowest BCUT2D eigenvalue weighted by atomic mass is 10.1. The Kier molecular flexibility index (Phi) is 6.49. The van der Waals surface area contributed by atoms with Crippen molar-refractivity contribution in [3.8, 4) is 11.5 Å². The van der Waals surface area contributed by atoms with Gasteiger partial charge in [0.25, 0.3) is 0 Å². The highest BCUT2D eigenvalue weighted by Crippen LogP contribution is 2.36. The van der Waals surface area contributed by atoms with Gasteiger partial charge in [0.2, 0.25) is 0 Å². The molecule has 0 radical (unpaired) electrons. The number of rotatable bonds is 6. The number of halogens is 5. The molecule has 3 aromatic rings. The number of ether oxygens (including phenoxy) is 1. The summed E-state index contributed by atoms with van der Waals surface area (Å²) in [6.45, 7) is 2.41.